The molecule has 0 unspecified atom stereocenters. The molecule has 2 fully saturated rings. The molecule has 1 atom stereocenters. The Balaban J connectivity index is 1.52. The number of hydrogen-bond donors (Lipinski definition) is 1. The number of imidazole rings is 1. The summed E-state index contributed by atoms with van der Waals surface area (Å²) < 4.78 is 5.62. The Morgan fingerprint density at radius 3 is 2.77 bits per heavy atom. The highest BCUT2D eigenvalue weighted by molar-refractivity contribution is 5.98. The van der Waals surface area contributed by atoms with Crippen LogP contribution in [-0.2, 0) is 4.74 Å². The third-order valence-corrected chi connectivity index (χ3v) is 5.23. The molecule has 2 aliphatic rings. The maximum Gasteiger partial charge on any atom is 0.410 e. The number of benzene rings is 1. The van der Waals surface area contributed by atoms with Crippen molar-refractivity contribution in [2.75, 3.05) is 26.7 Å². The minimum Gasteiger partial charge on any atom is -0.441 e. The normalized spacial score (nSPS) is 23.2. The summed E-state index contributed by atoms with van der Waals surface area (Å²) in [6, 6.07) is 9.68. The van der Waals surface area contributed by atoms with Gasteiger partial charge in [0, 0.05) is 32.1 Å². The Morgan fingerprint density at radius 2 is 2.04 bits per heavy atom. The predicted octanol–water partition coefficient (Wildman–Crippen LogP) is 2.52. The predicted molar refractivity (Wildman–Crippen MR) is 95.6 cm³/mol. The van der Waals surface area contributed by atoms with Crippen LogP contribution in [0.5, 0.6) is 0 Å². The molecule has 0 saturated carbocycles. The van der Waals surface area contributed by atoms with Crippen LogP contribution in [0.3, 0.4) is 0 Å². The maximum atomic E-state index is 13.1. The molecule has 3 heterocycles. The molecule has 0 radical (unpaired) electrons. The molecular formula is C19H22N4O3. The van der Waals surface area contributed by atoms with E-state index in [1.165, 1.54) is 0 Å². The van der Waals surface area contributed by atoms with Gasteiger partial charge in [0.05, 0.1) is 12.9 Å². The smallest absolute Gasteiger partial charge is 0.410 e. The lowest BCUT2D eigenvalue weighted by Gasteiger charge is -2.25. The number of nitrogens with one attached hydrogen (secondary N) is 1. The monoisotopic (exact) mass is 354 g/mol. The van der Waals surface area contributed by atoms with Crippen molar-refractivity contribution in [1.82, 2.24) is 19.8 Å². The first kappa shape index (κ1) is 16.6. The zero-order chi connectivity index (χ0) is 18.1. The van der Waals surface area contributed by atoms with Gasteiger partial charge in [-0.25, -0.2) is 9.78 Å². The third-order valence-electron chi connectivity index (χ3n) is 5.23. The van der Waals surface area contributed by atoms with Crippen LogP contribution in [0.4, 0.5) is 4.79 Å². The number of H-pyrrole nitrogens is 1. The maximum absolute atomic E-state index is 13.1. The van der Waals surface area contributed by atoms with Crippen LogP contribution in [-0.4, -0.2) is 64.1 Å². The summed E-state index contributed by atoms with van der Waals surface area (Å²) in [5.41, 5.74) is 1.63. The number of likely N-dealkylation sites (N-methyl/N-ethyl adjacent to an activating group) is 1. The molecule has 2 amide bonds. The first-order chi connectivity index (χ1) is 12.6. The number of ether oxygens (including phenoxy) is 1. The molecule has 26 heavy (non-hydrogen) atoms. The molecular weight excluding hydrogens is 332 g/mol. The number of nitrogens with zero attached hydrogens (tertiary/aromatic N) is 3. The van der Waals surface area contributed by atoms with Crippen molar-refractivity contribution in [3.05, 3.63) is 42.4 Å². The number of aromatic amines is 1. The largest absolute Gasteiger partial charge is 0.441 e. The van der Waals surface area contributed by atoms with Crippen LogP contribution in [0.1, 0.15) is 29.8 Å². The van der Waals surface area contributed by atoms with Crippen molar-refractivity contribution < 1.29 is 14.3 Å². The van der Waals surface area contributed by atoms with Gasteiger partial charge < -0.3 is 19.5 Å². The van der Waals surface area contributed by atoms with Gasteiger partial charge in [0.1, 0.15) is 17.0 Å². The summed E-state index contributed by atoms with van der Waals surface area (Å²) in [5, 5.41) is 0. The summed E-state index contributed by atoms with van der Waals surface area (Å²) in [5.74, 6) is -0.0592. The van der Waals surface area contributed by atoms with Gasteiger partial charge in [-0.1, -0.05) is 30.3 Å². The molecule has 2 aromatic rings. The molecule has 2 saturated heterocycles. The zero-order valence-corrected chi connectivity index (χ0v) is 14.8. The van der Waals surface area contributed by atoms with Gasteiger partial charge in [0.15, 0.2) is 0 Å². The summed E-state index contributed by atoms with van der Waals surface area (Å²) in [4.78, 5) is 35.6. The fraction of sp³-hybridized carbons (Fsp3) is 0.421. The van der Waals surface area contributed by atoms with Gasteiger partial charge in [0.25, 0.3) is 5.91 Å². The van der Waals surface area contributed by atoms with Crippen LogP contribution in [0, 0.1) is 0 Å². The fourth-order valence-corrected chi connectivity index (χ4v) is 3.85. The van der Waals surface area contributed by atoms with Crippen LogP contribution in [0.25, 0.3) is 11.3 Å². The number of hydrogen-bond acceptors (Lipinski definition) is 4. The number of likely N-dealkylation sites (tertiary alicyclic amines) is 1. The SMILES string of the molecule is CN1C[C@]2(CCCN(C(=O)c3[nH]cnc3-c3ccccc3)CC2)OC1=O. The minimum absolute atomic E-state index is 0.0592. The summed E-state index contributed by atoms with van der Waals surface area (Å²) in [6.07, 6.45) is 3.53. The average Bonchev–Trinajstić information content (AvgIpc) is 3.17. The highest BCUT2D eigenvalue weighted by Gasteiger charge is 2.44. The topological polar surface area (TPSA) is 78.5 Å². The lowest BCUT2D eigenvalue weighted by Crippen LogP contribution is -2.37. The van der Waals surface area contributed by atoms with Gasteiger partial charge in [-0.3, -0.25) is 4.79 Å². The number of carbonyl (C=O) groups is 2. The van der Waals surface area contributed by atoms with E-state index >= 15 is 0 Å². The van der Waals surface area contributed by atoms with E-state index < -0.39 is 5.60 Å². The quantitative estimate of drug-likeness (QED) is 0.899. The lowest BCUT2D eigenvalue weighted by molar-refractivity contribution is 0.0438. The molecule has 7 heteroatoms. The number of amides is 2. The minimum atomic E-state index is -0.461. The second-order valence-electron chi connectivity index (χ2n) is 7.04. The average molecular weight is 354 g/mol. The molecule has 4 rings (SSSR count). The van der Waals surface area contributed by atoms with Crippen molar-refractivity contribution in [3.8, 4) is 11.3 Å². The van der Waals surface area contributed by atoms with Crippen LogP contribution < -0.4 is 0 Å². The van der Waals surface area contributed by atoms with Gasteiger partial charge in [-0.15, -0.1) is 0 Å². The summed E-state index contributed by atoms with van der Waals surface area (Å²) in [6.45, 7) is 1.80. The van der Waals surface area contributed by atoms with Crippen LogP contribution in [0.15, 0.2) is 36.7 Å². The second-order valence-corrected chi connectivity index (χ2v) is 7.04. The highest BCUT2D eigenvalue weighted by Crippen LogP contribution is 2.33. The van der Waals surface area contributed by atoms with Crippen LogP contribution in [0.2, 0.25) is 0 Å². The Bertz CT molecular complexity index is 819. The van der Waals surface area contributed by atoms with Crippen molar-refractivity contribution in [1.29, 1.82) is 0 Å². The van der Waals surface area contributed by atoms with Crippen molar-refractivity contribution >= 4 is 12.0 Å². The molecule has 1 spiro atoms. The molecule has 0 aliphatic carbocycles. The van der Waals surface area contributed by atoms with Gasteiger partial charge in [0.2, 0.25) is 0 Å². The van der Waals surface area contributed by atoms with Crippen molar-refractivity contribution in [2.24, 2.45) is 0 Å². The molecule has 136 valence electrons. The van der Waals surface area contributed by atoms with Gasteiger partial charge in [-0.05, 0) is 12.8 Å². The van der Waals surface area contributed by atoms with Gasteiger partial charge >= 0.3 is 6.09 Å². The van der Waals surface area contributed by atoms with Gasteiger partial charge in [-0.2, -0.15) is 0 Å². The van der Waals surface area contributed by atoms with E-state index in [9.17, 15) is 9.59 Å². The molecule has 1 aromatic heterocycles. The molecule has 1 N–H and O–H groups in total. The number of carbonyl (C=O) groups excluding carboxylic acids is 2. The second kappa shape index (κ2) is 6.48. The van der Waals surface area contributed by atoms with E-state index in [2.05, 4.69) is 9.97 Å². The third kappa shape index (κ3) is 2.94. The summed E-state index contributed by atoms with van der Waals surface area (Å²) in [7, 11) is 1.75. The molecule has 0 bridgehead atoms. The summed E-state index contributed by atoms with van der Waals surface area (Å²) >= 11 is 0. The molecule has 2 aliphatic heterocycles. The first-order valence-corrected chi connectivity index (χ1v) is 8.90. The van der Waals surface area contributed by atoms with E-state index in [1.54, 1.807) is 18.3 Å². The van der Waals surface area contributed by atoms with E-state index in [1.807, 2.05) is 35.2 Å². The first-order valence-electron chi connectivity index (χ1n) is 8.90. The molecule has 7 nitrogen and oxygen atoms in total. The number of rotatable bonds is 2. The van der Waals surface area contributed by atoms with E-state index in [-0.39, 0.29) is 12.0 Å². The molecule has 1 aromatic carbocycles. The fourth-order valence-electron chi connectivity index (χ4n) is 3.85. The number of aromatic nitrogens is 2. The van der Waals surface area contributed by atoms with E-state index in [4.69, 9.17) is 4.74 Å². The standard InChI is InChI=1S/C19H22N4O3/c1-22-12-19(26-18(22)25)8-5-10-23(11-9-19)17(24)16-15(20-13-21-16)14-6-3-2-4-7-14/h2-4,6-7,13H,5,8-12H2,1H3,(H,20,21)/t19-/m1/s1. The van der Waals surface area contributed by atoms with Crippen molar-refractivity contribution in [3.63, 3.8) is 0 Å². The van der Waals surface area contributed by atoms with E-state index in [0.717, 1.165) is 18.4 Å². The van der Waals surface area contributed by atoms with Crippen molar-refractivity contribution in [2.45, 2.75) is 24.9 Å². The highest BCUT2D eigenvalue weighted by atomic mass is 16.6. The Labute approximate surface area is 152 Å². The Hall–Kier alpha value is -2.83. The Kier molecular flexibility index (Phi) is 4.14. The van der Waals surface area contributed by atoms with Crippen LogP contribution >= 0.6 is 0 Å². The lowest BCUT2D eigenvalue weighted by atomic mass is 9.95. The zero-order valence-electron chi connectivity index (χ0n) is 14.8. The van der Waals surface area contributed by atoms with E-state index in [0.29, 0.717) is 37.4 Å². The Morgan fingerprint density at radius 1 is 1.23 bits per heavy atom.